The van der Waals surface area contributed by atoms with E-state index in [1.807, 2.05) is 0 Å². The van der Waals surface area contributed by atoms with Crippen LogP contribution >= 0.6 is 0 Å². The number of hydrogen-bond donors (Lipinski definition) is 2. The van der Waals surface area contributed by atoms with Crippen molar-refractivity contribution < 1.29 is 21.4 Å². The number of nitrogen functional groups attached to an aromatic ring is 1. The summed E-state index contributed by atoms with van der Waals surface area (Å²) in [5, 5.41) is 0. The highest BCUT2D eigenvalue weighted by molar-refractivity contribution is 7.90. The summed E-state index contributed by atoms with van der Waals surface area (Å²) in [5.41, 5.74) is 7.29. The van der Waals surface area contributed by atoms with Crippen LogP contribution in [0.25, 0.3) is 11.1 Å². The molecule has 2 aromatic rings. The van der Waals surface area contributed by atoms with E-state index in [1.165, 1.54) is 36.4 Å². The van der Waals surface area contributed by atoms with Crippen molar-refractivity contribution in [1.29, 1.82) is 0 Å². The van der Waals surface area contributed by atoms with Crippen molar-refractivity contribution in [3.8, 4) is 11.1 Å². The highest BCUT2D eigenvalue weighted by Crippen LogP contribution is 2.29. The smallest absolute Gasteiger partial charge is 0.294 e. The van der Waals surface area contributed by atoms with Crippen LogP contribution in [0, 0.1) is 0 Å². The number of nitrogens with two attached hydrogens (primary N) is 1. The van der Waals surface area contributed by atoms with Gasteiger partial charge in [0, 0.05) is 17.5 Å². The van der Waals surface area contributed by atoms with Gasteiger partial charge in [-0.2, -0.15) is 8.42 Å². The molecule has 0 saturated carbocycles. The molecule has 0 aliphatic heterocycles. The van der Waals surface area contributed by atoms with Crippen molar-refractivity contribution in [2.24, 2.45) is 0 Å². The van der Waals surface area contributed by atoms with Crippen LogP contribution in [-0.4, -0.2) is 27.6 Å². The Kier molecular flexibility index (Phi) is 3.79. The van der Waals surface area contributed by atoms with E-state index in [-0.39, 0.29) is 15.5 Å². The van der Waals surface area contributed by atoms with Crippen molar-refractivity contribution in [3.05, 3.63) is 42.5 Å². The second-order valence-corrected chi connectivity index (χ2v) is 7.96. The summed E-state index contributed by atoms with van der Waals surface area (Å²) >= 11 is 0. The van der Waals surface area contributed by atoms with Gasteiger partial charge in [0.1, 0.15) is 0 Å². The van der Waals surface area contributed by atoms with Gasteiger partial charge in [-0.05, 0) is 29.8 Å². The van der Waals surface area contributed by atoms with Gasteiger partial charge in [-0.25, -0.2) is 8.42 Å². The quantitative estimate of drug-likeness (QED) is 0.653. The number of sulfone groups is 1. The van der Waals surface area contributed by atoms with Gasteiger partial charge < -0.3 is 5.73 Å². The summed E-state index contributed by atoms with van der Waals surface area (Å²) < 4.78 is 53.7. The summed E-state index contributed by atoms with van der Waals surface area (Å²) in [4.78, 5) is -0.115. The first-order valence-corrected chi connectivity index (χ1v) is 9.10. The molecule has 2 aromatic carbocycles. The fourth-order valence-corrected chi connectivity index (χ4v) is 2.98. The lowest BCUT2D eigenvalue weighted by Crippen LogP contribution is -2.00. The monoisotopic (exact) mass is 327 g/mol. The molecule has 0 atom stereocenters. The van der Waals surface area contributed by atoms with E-state index in [0.717, 1.165) is 6.26 Å². The molecule has 0 spiro atoms. The maximum absolute atomic E-state index is 11.4. The molecule has 0 fully saturated rings. The normalized spacial score (nSPS) is 12.3. The molecule has 0 aliphatic carbocycles. The Morgan fingerprint density at radius 2 is 1.43 bits per heavy atom. The minimum Gasteiger partial charge on any atom is -0.398 e. The molecule has 2 rings (SSSR count). The van der Waals surface area contributed by atoms with E-state index in [2.05, 4.69) is 0 Å². The minimum atomic E-state index is -4.25. The maximum Gasteiger partial charge on any atom is 0.294 e. The van der Waals surface area contributed by atoms with Crippen molar-refractivity contribution in [3.63, 3.8) is 0 Å². The lowest BCUT2D eigenvalue weighted by molar-refractivity contribution is 0.483. The van der Waals surface area contributed by atoms with E-state index in [4.69, 9.17) is 10.3 Å². The van der Waals surface area contributed by atoms with Crippen LogP contribution in [0.3, 0.4) is 0 Å². The highest BCUT2D eigenvalue weighted by Gasteiger charge is 2.12. The molecule has 0 saturated heterocycles. The van der Waals surface area contributed by atoms with E-state index in [9.17, 15) is 16.8 Å². The molecule has 112 valence electrons. The van der Waals surface area contributed by atoms with Gasteiger partial charge in [-0.1, -0.05) is 18.2 Å². The Morgan fingerprint density at radius 1 is 0.905 bits per heavy atom. The van der Waals surface area contributed by atoms with Gasteiger partial charge in [0.2, 0.25) is 0 Å². The van der Waals surface area contributed by atoms with E-state index in [0.29, 0.717) is 11.1 Å². The summed E-state index contributed by atoms with van der Waals surface area (Å²) in [6.07, 6.45) is 1.09. The molecule has 3 N–H and O–H groups in total. The minimum absolute atomic E-state index is 0.110. The molecule has 0 aromatic heterocycles. The summed E-state index contributed by atoms with van der Waals surface area (Å²) in [6, 6.07) is 9.78. The molecule has 21 heavy (non-hydrogen) atoms. The van der Waals surface area contributed by atoms with Crippen LogP contribution < -0.4 is 5.73 Å². The Morgan fingerprint density at radius 3 is 1.86 bits per heavy atom. The fourth-order valence-electron chi connectivity index (χ4n) is 1.84. The van der Waals surface area contributed by atoms with Crippen LogP contribution in [0.1, 0.15) is 0 Å². The fraction of sp³-hybridized carbons (Fsp3) is 0.0769. The van der Waals surface area contributed by atoms with Gasteiger partial charge in [-0.3, -0.25) is 4.55 Å². The third-order valence-corrected chi connectivity index (χ3v) is 4.89. The maximum atomic E-state index is 11.4. The third kappa shape index (κ3) is 3.41. The molecule has 8 heteroatoms. The van der Waals surface area contributed by atoms with Gasteiger partial charge in [0.05, 0.1) is 9.79 Å². The predicted octanol–water partition coefficient (Wildman–Crippen LogP) is 1.59. The van der Waals surface area contributed by atoms with Crippen LogP contribution in [0.4, 0.5) is 5.69 Å². The number of benzene rings is 2. The van der Waals surface area contributed by atoms with Crippen LogP contribution in [0.5, 0.6) is 0 Å². The van der Waals surface area contributed by atoms with Crippen LogP contribution in [-0.2, 0) is 20.0 Å². The molecule has 0 heterocycles. The first-order chi connectivity index (χ1) is 9.59. The van der Waals surface area contributed by atoms with Crippen molar-refractivity contribution >= 4 is 25.6 Å². The number of hydrogen-bond acceptors (Lipinski definition) is 5. The lowest BCUT2D eigenvalue weighted by Gasteiger charge is -2.08. The molecule has 0 aliphatic rings. The van der Waals surface area contributed by atoms with Gasteiger partial charge in [0.15, 0.2) is 9.84 Å². The summed E-state index contributed by atoms with van der Waals surface area (Å²) in [7, 11) is -7.59. The largest absolute Gasteiger partial charge is 0.398 e. The summed E-state index contributed by atoms with van der Waals surface area (Å²) in [6.45, 7) is 0. The molecule has 0 radical (unpaired) electrons. The Hall–Kier alpha value is -1.90. The third-order valence-electron chi connectivity index (χ3n) is 2.91. The van der Waals surface area contributed by atoms with Gasteiger partial charge >= 0.3 is 0 Å². The molecule has 6 nitrogen and oxygen atoms in total. The van der Waals surface area contributed by atoms with E-state index < -0.39 is 20.0 Å². The standard InChI is InChI=1S/C13H13NO5S2/c1-20(15,16)11-6-7-12(13(14)8-11)9-2-4-10(5-3-9)21(17,18)19/h2-8H,14H2,1H3,(H,17,18,19). The van der Waals surface area contributed by atoms with E-state index in [1.54, 1.807) is 6.07 Å². The average molecular weight is 327 g/mol. The second kappa shape index (κ2) is 5.14. The predicted molar refractivity (Wildman–Crippen MR) is 79.2 cm³/mol. The first kappa shape index (κ1) is 15.5. The van der Waals surface area contributed by atoms with Gasteiger partial charge in [-0.15, -0.1) is 0 Å². The van der Waals surface area contributed by atoms with Crippen LogP contribution in [0.15, 0.2) is 52.3 Å². The number of rotatable bonds is 3. The van der Waals surface area contributed by atoms with Gasteiger partial charge in [0.25, 0.3) is 10.1 Å². The van der Waals surface area contributed by atoms with Crippen LogP contribution in [0.2, 0.25) is 0 Å². The molecule has 0 amide bonds. The Bertz CT molecular complexity index is 885. The average Bonchev–Trinajstić information content (AvgIpc) is 2.36. The SMILES string of the molecule is CS(=O)(=O)c1ccc(-c2ccc(S(=O)(=O)O)cc2)c(N)c1. The molecular formula is C13H13NO5S2. The molecule has 0 unspecified atom stereocenters. The zero-order chi connectivity index (χ0) is 15.8. The van der Waals surface area contributed by atoms with Crippen molar-refractivity contribution in [2.75, 3.05) is 12.0 Å². The van der Waals surface area contributed by atoms with E-state index >= 15 is 0 Å². The zero-order valence-electron chi connectivity index (χ0n) is 11.0. The topological polar surface area (TPSA) is 115 Å². The number of anilines is 1. The lowest BCUT2D eigenvalue weighted by atomic mass is 10.0. The molecule has 0 bridgehead atoms. The Balaban J connectivity index is 2.48. The molecular weight excluding hydrogens is 314 g/mol. The zero-order valence-corrected chi connectivity index (χ0v) is 12.6. The van der Waals surface area contributed by atoms with Crippen molar-refractivity contribution in [1.82, 2.24) is 0 Å². The van der Waals surface area contributed by atoms with Crippen molar-refractivity contribution in [2.45, 2.75) is 9.79 Å². The highest BCUT2D eigenvalue weighted by atomic mass is 32.2. The second-order valence-electron chi connectivity index (χ2n) is 4.52. The summed E-state index contributed by atoms with van der Waals surface area (Å²) in [5.74, 6) is 0. The first-order valence-electron chi connectivity index (χ1n) is 5.76. The Labute approximate surface area is 122 Å².